The molecule has 0 radical (unpaired) electrons. The summed E-state index contributed by atoms with van der Waals surface area (Å²) in [6, 6.07) is 1.80. The fraction of sp³-hybridized carbons (Fsp3) is 0.222. The lowest BCUT2D eigenvalue weighted by Gasteiger charge is -2.06. The fourth-order valence-electron chi connectivity index (χ4n) is 1.02. The van der Waals surface area contributed by atoms with Crippen molar-refractivity contribution < 1.29 is 24.0 Å². The van der Waals surface area contributed by atoms with Crippen molar-refractivity contribution in [2.75, 3.05) is 6.61 Å². The first-order valence-corrected chi connectivity index (χ1v) is 5.19. The molecular formula is C9H7BrFNO5. The lowest BCUT2D eigenvalue weighted by molar-refractivity contribution is -0.386. The quantitative estimate of drug-likeness (QED) is 0.666. The molecule has 92 valence electrons. The smallest absolute Gasteiger partial charge is 0.312 e. The third-order valence-corrected chi connectivity index (χ3v) is 2.38. The zero-order valence-electron chi connectivity index (χ0n) is 8.35. The maximum Gasteiger partial charge on any atom is 0.312 e. The van der Waals surface area contributed by atoms with Crippen LogP contribution in [0.25, 0.3) is 0 Å². The molecule has 0 bridgehead atoms. The van der Waals surface area contributed by atoms with Crippen molar-refractivity contribution in [3.05, 3.63) is 32.5 Å². The standard InChI is InChI=1S/C9H7BrFNO5/c10-5-3-7(12(15)16)8(4-6(5)11)17-2-1-9(13)14/h3-4H,1-2H2,(H,13,14). The summed E-state index contributed by atoms with van der Waals surface area (Å²) in [5, 5.41) is 19.0. The Bertz CT molecular complexity index is 465. The molecule has 0 unspecified atom stereocenters. The molecule has 0 fully saturated rings. The summed E-state index contributed by atoms with van der Waals surface area (Å²) in [5.74, 6) is -2.12. The number of carboxylic acids is 1. The van der Waals surface area contributed by atoms with Crippen molar-refractivity contribution in [1.82, 2.24) is 0 Å². The maximum atomic E-state index is 13.1. The minimum atomic E-state index is -1.11. The summed E-state index contributed by atoms with van der Waals surface area (Å²) >= 11 is 2.81. The van der Waals surface area contributed by atoms with E-state index < -0.39 is 22.4 Å². The lowest BCUT2D eigenvalue weighted by Crippen LogP contribution is -2.06. The topological polar surface area (TPSA) is 89.7 Å². The van der Waals surface area contributed by atoms with Gasteiger partial charge in [0.25, 0.3) is 0 Å². The molecule has 0 aliphatic rings. The zero-order valence-corrected chi connectivity index (χ0v) is 9.94. The third-order valence-electron chi connectivity index (χ3n) is 1.77. The van der Waals surface area contributed by atoms with Gasteiger partial charge in [-0.1, -0.05) is 0 Å². The third kappa shape index (κ3) is 3.66. The highest BCUT2D eigenvalue weighted by Gasteiger charge is 2.19. The maximum absolute atomic E-state index is 13.1. The van der Waals surface area contributed by atoms with E-state index in [-0.39, 0.29) is 23.2 Å². The van der Waals surface area contributed by atoms with Gasteiger partial charge in [-0.2, -0.15) is 0 Å². The van der Waals surface area contributed by atoms with Crippen LogP contribution in [0, 0.1) is 15.9 Å². The van der Waals surface area contributed by atoms with Gasteiger partial charge in [0.05, 0.1) is 22.4 Å². The number of rotatable bonds is 5. The number of nitro groups is 1. The minimum Gasteiger partial charge on any atom is -0.486 e. The molecule has 0 aliphatic carbocycles. The monoisotopic (exact) mass is 307 g/mol. The van der Waals surface area contributed by atoms with E-state index in [0.29, 0.717) is 0 Å². The van der Waals surface area contributed by atoms with Crippen molar-refractivity contribution in [3.63, 3.8) is 0 Å². The van der Waals surface area contributed by atoms with Crippen LogP contribution < -0.4 is 4.74 Å². The molecule has 0 saturated carbocycles. The van der Waals surface area contributed by atoms with Gasteiger partial charge >= 0.3 is 11.7 Å². The molecule has 1 aromatic rings. The predicted octanol–water partition coefficient (Wildman–Crippen LogP) is 2.35. The van der Waals surface area contributed by atoms with Crippen LogP contribution in [-0.2, 0) is 4.79 Å². The highest BCUT2D eigenvalue weighted by atomic mass is 79.9. The Morgan fingerprint density at radius 2 is 2.24 bits per heavy atom. The molecule has 0 aliphatic heterocycles. The molecule has 17 heavy (non-hydrogen) atoms. The van der Waals surface area contributed by atoms with E-state index in [1.54, 1.807) is 0 Å². The highest BCUT2D eigenvalue weighted by molar-refractivity contribution is 9.10. The van der Waals surface area contributed by atoms with Crippen molar-refractivity contribution in [1.29, 1.82) is 0 Å². The van der Waals surface area contributed by atoms with Crippen LogP contribution in [0.1, 0.15) is 6.42 Å². The Kier molecular flexibility index (Phi) is 4.38. The number of nitrogens with zero attached hydrogens (tertiary/aromatic N) is 1. The SMILES string of the molecule is O=C(O)CCOc1cc(F)c(Br)cc1[N+](=O)[O-]. The van der Waals surface area contributed by atoms with E-state index >= 15 is 0 Å². The van der Waals surface area contributed by atoms with Crippen molar-refractivity contribution in [3.8, 4) is 5.75 Å². The minimum absolute atomic E-state index is 0.0604. The van der Waals surface area contributed by atoms with Gasteiger partial charge in [0.1, 0.15) is 5.82 Å². The van der Waals surface area contributed by atoms with E-state index in [1.165, 1.54) is 0 Å². The number of halogens is 2. The van der Waals surface area contributed by atoms with Crippen LogP contribution in [-0.4, -0.2) is 22.6 Å². The van der Waals surface area contributed by atoms with Gasteiger partial charge in [0.15, 0.2) is 5.75 Å². The fourth-order valence-corrected chi connectivity index (χ4v) is 1.36. The first-order valence-electron chi connectivity index (χ1n) is 4.40. The second-order valence-corrected chi connectivity index (χ2v) is 3.84. The average Bonchev–Trinajstić information content (AvgIpc) is 2.22. The van der Waals surface area contributed by atoms with Crippen LogP contribution >= 0.6 is 15.9 Å². The molecule has 0 heterocycles. The molecule has 0 spiro atoms. The molecule has 1 N–H and O–H groups in total. The van der Waals surface area contributed by atoms with Gasteiger partial charge in [-0.05, 0) is 15.9 Å². The number of carbonyl (C=O) groups is 1. The number of aliphatic carboxylic acids is 1. The summed E-state index contributed by atoms with van der Waals surface area (Å²) in [6.07, 6.45) is -0.325. The van der Waals surface area contributed by atoms with Crippen LogP contribution in [0.5, 0.6) is 5.75 Å². The summed E-state index contributed by atoms with van der Waals surface area (Å²) < 4.78 is 17.9. The lowest BCUT2D eigenvalue weighted by atomic mass is 10.3. The van der Waals surface area contributed by atoms with E-state index in [1.807, 2.05) is 0 Å². The van der Waals surface area contributed by atoms with Crippen molar-refractivity contribution in [2.45, 2.75) is 6.42 Å². The van der Waals surface area contributed by atoms with Gasteiger partial charge in [-0.25, -0.2) is 4.39 Å². The average molecular weight is 308 g/mol. The van der Waals surface area contributed by atoms with Gasteiger partial charge in [-0.15, -0.1) is 0 Å². The Morgan fingerprint density at radius 3 is 2.76 bits per heavy atom. The predicted molar refractivity (Wildman–Crippen MR) is 58.5 cm³/mol. The van der Waals surface area contributed by atoms with Gasteiger partial charge in [0.2, 0.25) is 0 Å². The Balaban J connectivity index is 2.92. The number of hydrogen-bond donors (Lipinski definition) is 1. The molecule has 0 aromatic heterocycles. The normalized spacial score (nSPS) is 10.0. The van der Waals surface area contributed by atoms with Crippen LogP contribution in [0.4, 0.5) is 10.1 Å². The van der Waals surface area contributed by atoms with Gasteiger partial charge in [-0.3, -0.25) is 14.9 Å². The number of benzene rings is 1. The van der Waals surface area contributed by atoms with Crippen LogP contribution in [0.2, 0.25) is 0 Å². The summed E-state index contributed by atoms with van der Waals surface area (Å²) in [6.45, 7) is -0.267. The zero-order chi connectivity index (χ0) is 13.0. The van der Waals surface area contributed by atoms with Crippen LogP contribution in [0.15, 0.2) is 16.6 Å². The molecule has 0 atom stereocenters. The summed E-state index contributed by atoms with van der Waals surface area (Å²) in [5.41, 5.74) is -0.427. The Labute approximate surface area is 103 Å². The van der Waals surface area contributed by atoms with Crippen molar-refractivity contribution >= 4 is 27.6 Å². The van der Waals surface area contributed by atoms with Gasteiger partial charge < -0.3 is 9.84 Å². The number of ether oxygens (including phenoxy) is 1. The number of nitro benzene ring substituents is 1. The molecule has 1 rings (SSSR count). The molecule has 0 amide bonds. The van der Waals surface area contributed by atoms with Crippen LogP contribution in [0.3, 0.4) is 0 Å². The van der Waals surface area contributed by atoms with E-state index in [2.05, 4.69) is 15.9 Å². The summed E-state index contributed by atoms with van der Waals surface area (Å²) in [4.78, 5) is 20.1. The van der Waals surface area contributed by atoms with E-state index in [0.717, 1.165) is 12.1 Å². The Hall–Kier alpha value is -1.70. The first kappa shape index (κ1) is 13.4. The molecule has 1 aromatic carbocycles. The first-order chi connectivity index (χ1) is 7.91. The molecule has 0 saturated heterocycles. The second kappa shape index (κ2) is 5.58. The molecule has 6 nitrogen and oxygen atoms in total. The molecule has 8 heteroatoms. The van der Waals surface area contributed by atoms with Gasteiger partial charge in [0, 0.05) is 12.1 Å². The largest absolute Gasteiger partial charge is 0.486 e. The summed E-state index contributed by atoms with van der Waals surface area (Å²) in [7, 11) is 0. The second-order valence-electron chi connectivity index (χ2n) is 2.98. The van der Waals surface area contributed by atoms with E-state index in [9.17, 15) is 19.3 Å². The van der Waals surface area contributed by atoms with Crippen molar-refractivity contribution in [2.24, 2.45) is 0 Å². The number of carboxylic acid groups (broad SMARTS) is 1. The van der Waals surface area contributed by atoms with E-state index in [4.69, 9.17) is 9.84 Å². The number of hydrogen-bond acceptors (Lipinski definition) is 4. The highest BCUT2D eigenvalue weighted by Crippen LogP contribution is 2.32. The molecular weight excluding hydrogens is 301 g/mol. The Morgan fingerprint density at radius 1 is 1.59 bits per heavy atom.